The van der Waals surface area contributed by atoms with Gasteiger partial charge in [0.2, 0.25) is 0 Å². The van der Waals surface area contributed by atoms with Crippen LogP contribution >= 0.6 is 0 Å². The zero-order valence-electron chi connectivity index (χ0n) is 20.4. The minimum Gasteiger partial charge on any atom is -0.504 e. The molecule has 0 atom stereocenters. The fourth-order valence-corrected chi connectivity index (χ4v) is 4.89. The minimum atomic E-state index is -0.239. The first kappa shape index (κ1) is 23.9. The van der Waals surface area contributed by atoms with E-state index in [4.69, 9.17) is 0 Å². The molecule has 1 fully saturated rings. The molecule has 0 radical (unpaired) electrons. The molecule has 0 spiro atoms. The molecule has 34 heavy (non-hydrogen) atoms. The number of aliphatic hydroxyl groups is 1. The molecule has 1 aromatic heterocycles. The molecule has 1 aliphatic heterocycles. The lowest BCUT2D eigenvalue weighted by Gasteiger charge is -2.33. The Bertz CT molecular complexity index is 1170. The fraction of sp³-hybridized carbons (Fsp3) is 0.393. The van der Waals surface area contributed by atoms with Gasteiger partial charge in [-0.2, -0.15) is 0 Å². The van der Waals surface area contributed by atoms with Gasteiger partial charge < -0.3 is 15.1 Å². The SMILES string of the molecule is CC(=O)c1nc(CC2CCN(c3ccc(-c4cc(C)c(CO)c(C)c4)cc3)CC2)nc(C)c1O. The second kappa shape index (κ2) is 9.94. The number of aliphatic hydroxyl groups excluding tert-OH is 1. The molecule has 2 aromatic carbocycles. The average Bonchev–Trinajstić information content (AvgIpc) is 2.81. The maximum absolute atomic E-state index is 11.8. The van der Waals surface area contributed by atoms with Crippen molar-refractivity contribution >= 4 is 11.5 Å². The first-order valence-electron chi connectivity index (χ1n) is 11.9. The third-order valence-electron chi connectivity index (χ3n) is 6.94. The molecule has 0 saturated carbocycles. The molecule has 0 aliphatic carbocycles. The van der Waals surface area contributed by atoms with Crippen molar-refractivity contribution in [3.05, 3.63) is 70.3 Å². The van der Waals surface area contributed by atoms with Crippen molar-refractivity contribution in [2.75, 3.05) is 18.0 Å². The minimum absolute atomic E-state index is 0.0726. The van der Waals surface area contributed by atoms with E-state index in [1.54, 1.807) is 6.92 Å². The number of aromatic hydroxyl groups is 1. The highest BCUT2D eigenvalue weighted by Gasteiger charge is 2.22. The van der Waals surface area contributed by atoms with Crippen molar-refractivity contribution in [1.82, 2.24) is 9.97 Å². The van der Waals surface area contributed by atoms with E-state index >= 15 is 0 Å². The highest BCUT2D eigenvalue weighted by Crippen LogP contribution is 2.30. The Hall–Kier alpha value is -3.25. The number of hydrogen-bond donors (Lipinski definition) is 2. The largest absolute Gasteiger partial charge is 0.504 e. The van der Waals surface area contributed by atoms with Crippen LogP contribution in [0.1, 0.15) is 58.5 Å². The van der Waals surface area contributed by atoms with Gasteiger partial charge in [0, 0.05) is 32.1 Å². The van der Waals surface area contributed by atoms with E-state index in [2.05, 4.69) is 51.3 Å². The number of carbonyl (C=O) groups excluding carboxylic acids is 1. The van der Waals surface area contributed by atoms with E-state index in [0.29, 0.717) is 17.4 Å². The molecule has 2 heterocycles. The van der Waals surface area contributed by atoms with Gasteiger partial charge >= 0.3 is 0 Å². The molecule has 3 aromatic rings. The summed E-state index contributed by atoms with van der Waals surface area (Å²) in [6, 6.07) is 13.0. The number of ketones is 1. The van der Waals surface area contributed by atoms with Crippen LogP contribution in [0.3, 0.4) is 0 Å². The molecule has 2 N–H and O–H groups in total. The average molecular weight is 460 g/mol. The van der Waals surface area contributed by atoms with Crippen LogP contribution < -0.4 is 4.90 Å². The molecule has 0 bridgehead atoms. The number of benzene rings is 2. The number of aryl methyl sites for hydroxylation is 3. The molecule has 0 unspecified atom stereocenters. The molecular formula is C28H33N3O3. The molecule has 1 aliphatic rings. The smallest absolute Gasteiger partial charge is 0.182 e. The molecule has 6 nitrogen and oxygen atoms in total. The number of Topliss-reactive ketones (excluding diaryl/α,β-unsaturated/α-hetero) is 1. The normalized spacial score (nSPS) is 14.4. The molecule has 0 amide bonds. The van der Waals surface area contributed by atoms with Crippen molar-refractivity contribution in [1.29, 1.82) is 0 Å². The maximum atomic E-state index is 11.8. The van der Waals surface area contributed by atoms with Gasteiger partial charge in [0.1, 0.15) is 5.82 Å². The predicted molar refractivity (Wildman–Crippen MR) is 134 cm³/mol. The lowest BCUT2D eigenvalue weighted by Crippen LogP contribution is -2.34. The van der Waals surface area contributed by atoms with Gasteiger partial charge in [-0.05, 0) is 79.5 Å². The van der Waals surface area contributed by atoms with Crippen LogP contribution in [0.15, 0.2) is 36.4 Å². The van der Waals surface area contributed by atoms with Gasteiger partial charge in [-0.15, -0.1) is 0 Å². The Kier molecular flexibility index (Phi) is 6.98. The number of aromatic nitrogens is 2. The van der Waals surface area contributed by atoms with Crippen LogP contribution in [0.25, 0.3) is 11.1 Å². The molecule has 1 saturated heterocycles. The van der Waals surface area contributed by atoms with E-state index in [0.717, 1.165) is 49.0 Å². The predicted octanol–water partition coefficient (Wildman–Crippen LogP) is 4.93. The zero-order chi connectivity index (χ0) is 24.4. The molecule has 4 rings (SSSR count). The monoisotopic (exact) mass is 459 g/mol. The maximum Gasteiger partial charge on any atom is 0.182 e. The fourth-order valence-electron chi connectivity index (χ4n) is 4.89. The summed E-state index contributed by atoms with van der Waals surface area (Å²) in [5.41, 5.74) is 7.40. The molecule has 178 valence electrons. The van der Waals surface area contributed by atoms with Crippen molar-refractivity contribution < 1.29 is 15.0 Å². The third kappa shape index (κ3) is 4.97. The number of nitrogens with zero attached hydrogens (tertiary/aromatic N) is 3. The summed E-state index contributed by atoms with van der Waals surface area (Å²) in [5.74, 6) is 0.748. The second-order valence-electron chi connectivity index (χ2n) is 9.41. The zero-order valence-corrected chi connectivity index (χ0v) is 20.4. The lowest BCUT2D eigenvalue weighted by atomic mass is 9.92. The van der Waals surface area contributed by atoms with Crippen LogP contribution in [-0.2, 0) is 13.0 Å². The first-order chi connectivity index (χ1) is 16.3. The Balaban J connectivity index is 1.40. The van der Waals surface area contributed by atoms with Gasteiger partial charge in [0.05, 0.1) is 12.3 Å². The van der Waals surface area contributed by atoms with Crippen LogP contribution in [0.2, 0.25) is 0 Å². The van der Waals surface area contributed by atoms with Crippen molar-refractivity contribution in [2.45, 2.75) is 53.6 Å². The Morgan fingerprint density at radius 2 is 1.62 bits per heavy atom. The third-order valence-corrected chi connectivity index (χ3v) is 6.94. The summed E-state index contributed by atoms with van der Waals surface area (Å²) in [5, 5.41) is 19.6. The summed E-state index contributed by atoms with van der Waals surface area (Å²) in [6.07, 6.45) is 2.78. The van der Waals surface area contributed by atoms with Gasteiger partial charge in [0.25, 0.3) is 0 Å². The van der Waals surface area contributed by atoms with Crippen LogP contribution in [-0.4, -0.2) is 39.1 Å². The Morgan fingerprint density at radius 1 is 1.00 bits per heavy atom. The summed E-state index contributed by atoms with van der Waals surface area (Å²) in [7, 11) is 0. The summed E-state index contributed by atoms with van der Waals surface area (Å²) < 4.78 is 0. The number of carbonyl (C=O) groups is 1. The van der Waals surface area contributed by atoms with E-state index in [1.807, 2.05) is 13.8 Å². The highest BCUT2D eigenvalue weighted by molar-refractivity contribution is 5.94. The summed E-state index contributed by atoms with van der Waals surface area (Å²) in [4.78, 5) is 22.9. The van der Waals surface area contributed by atoms with Gasteiger partial charge in [-0.25, -0.2) is 9.97 Å². The van der Waals surface area contributed by atoms with E-state index in [-0.39, 0.29) is 23.8 Å². The lowest BCUT2D eigenvalue weighted by molar-refractivity contribution is 0.100. The highest BCUT2D eigenvalue weighted by atomic mass is 16.3. The van der Waals surface area contributed by atoms with E-state index in [9.17, 15) is 15.0 Å². The number of rotatable bonds is 6. The van der Waals surface area contributed by atoms with Gasteiger partial charge in [-0.3, -0.25) is 4.79 Å². The van der Waals surface area contributed by atoms with Crippen LogP contribution in [0.5, 0.6) is 5.75 Å². The van der Waals surface area contributed by atoms with Gasteiger partial charge in [-0.1, -0.05) is 24.3 Å². The first-order valence-corrected chi connectivity index (χ1v) is 11.9. The number of hydrogen-bond acceptors (Lipinski definition) is 6. The van der Waals surface area contributed by atoms with E-state index < -0.39 is 0 Å². The van der Waals surface area contributed by atoms with Crippen LogP contribution in [0.4, 0.5) is 5.69 Å². The van der Waals surface area contributed by atoms with Crippen molar-refractivity contribution in [3.63, 3.8) is 0 Å². The Morgan fingerprint density at radius 3 is 2.18 bits per heavy atom. The van der Waals surface area contributed by atoms with Gasteiger partial charge in [0.15, 0.2) is 17.2 Å². The summed E-state index contributed by atoms with van der Waals surface area (Å²) >= 11 is 0. The number of anilines is 1. The van der Waals surface area contributed by atoms with E-state index in [1.165, 1.54) is 23.7 Å². The van der Waals surface area contributed by atoms with Crippen molar-refractivity contribution in [3.8, 4) is 16.9 Å². The topological polar surface area (TPSA) is 86.6 Å². The van der Waals surface area contributed by atoms with Crippen LogP contribution in [0, 0.1) is 26.7 Å². The standard InChI is InChI=1S/C28H33N3O3/c1-17-13-23(14-18(2)25(17)16-32)22-5-7-24(8-6-22)31-11-9-21(10-12-31)15-26-29-19(3)28(34)27(30-26)20(4)33/h5-8,13-14,21,32,34H,9-12,15-16H2,1-4H3. The molecule has 6 heteroatoms. The number of piperidine rings is 1. The molecular weight excluding hydrogens is 426 g/mol. The van der Waals surface area contributed by atoms with Crippen molar-refractivity contribution in [2.24, 2.45) is 5.92 Å². The second-order valence-corrected chi connectivity index (χ2v) is 9.41. The summed E-state index contributed by atoms with van der Waals surface area (Å²) in [6.45, 7) is 9.22. The quantitative estimate of drug-likeness (QED) is 0.509. The Labute approximate surface area is 201 Å².